The van der Waals surface area contributed by atoms with Crippen LogP contribution in [0.1, 0.15) is 50.6 Å². The first-order chi connectivity index (χ1) is 8.72. The molecule has 0 amide bonds. The smallest absolute Gasteiger partial charge is 0.0591 e. The number of nitrogens with zero attached hydrogens (tertiary/aromatic N) is 2. The number of aromatic nitrogens is 2. The third kappa shape index (κ3) is 3.33. The van der Waals surface area contributed by atoms with Gasteiger partial charge < -0.3 is 10.5 Å². The van der Waals surface area contributed by atoms with Gasteiger partial charge in [0.05, 0.1) is 18.3 Å². The first kappa shape index (κ1) is 13.6. The summed E-state index contributed by atoms with van der Waals surface area (Å²) < 4.78 is 7.58. The van der Waals surface area contributed by atoms with Gasteiger partial charge in [0.25, 0.3) is 0 Å². The van der Waals surface area contributed by atoms with Crippen LogP contribution in [0.15, 0.2) is 12.4 Å². The van der Waals surface area contributed by atoms with Crippen LogP contribution < -0.4 is 5.73 Å². The molecule has 1 aromatic rings. The van der Waals surface area contributed by atoms with Crippen LogP contribution in [-0.2, 0) is 11.2 Å². The number of methoxy groups -OCH3 is 1. The summed E-state index contributed by atoms with van der Waals surface area (Å²) >= 11 is 0. The van der Waals surface area contributed by atoms with E-state index in [4.69, 9.17) is 10.5 Å². The molecule has 102 valence electrons. The Morgan fingerprint density at radius 2 is 2.39 bits per heavy atom. The quantitative estimate of drug-likeness (QED) is 0.873. The van der Waals surface area contributed by atoms with Crippen LogP contribution in [0.3, 0.4) is 0 Å². The zero-order valence-electron chi connectivity index (χ0n) is 11.5. The first-order valence-corrected chi connectivity index (χ1v) is 7.04. The van der Waals surface area contributed by atoms with Gasteiger partial charge in [-0.15, -0.1) is 0 Å². The van der Waals surface area contributed by atoms with E-state index >= 15 is 0 Å². The van der Waals surface area contributed by atoms with Crippen LogP contribution in [0, 0.1) is 0 Å². The second-order valence-corrected chi connectivity index (χ2v) is 5.38. The topological polar surface area (TPSA) is 53.1 Å². The molecule has 1 saturated carbocycles. The van der Waals surface area contributed by atoms with E-state index in [-0.39, 0.29) is 6.04 Å². The first-order valence-electron chi connectivity index (χ1n) is 7.04. The van der Waals surface area contributed by atoms with Gasteiger partial charge in [0.1, 0.15) is 0 Å². The molecule has 4 heteroatoms. The van der Waals surface area contributed by atoms with Crippen molar-refractivity contribution in [2.75, 3.05) is 7.11 Å². The lowest BCUT2D eigenvalue weighted by Crippen LogP contribution is -2.24. The van der Waals surface area contributed by atoms with Gasteiger partial charge in [-0.1, -0.05) is 6.92 Å². The normalized spacial score (nSPS) is 26.2. The van der Waals surface area contributed by atoms with Crippen LogP contribution in [0.2, 0.25) is 0 Å². The van der Waals surface area contributed by atoms with Crippen molar-refractivity contribution in [1.29, 1.82) is 0 Å². The summed E-state index contributed by atoms with van der Waals surface area (Å²) in [5.74, 6) is 0. The maximum atomic E-state index is 5.98. The van der Waals surface area contributed by atoms with Crippen LogP contribution in [-0.4, -0.2) is 29.0 Å². The Morgan fingerprint density at radius 3 is 3.11 bits per heavy atom. The monoisotopic (exact) mass is 251 g/mol. The average molecular weight is 251 g/mol. The van der Waals surface area contributed by atoms with E-state index in [1.54, 1.807) is 0 Å². The Morgan fingerprint density at radius 1 is 1.56 bits per heavy atom. The van der Waals surface area contributed by atoms with Gasteiger partial charge in [-0.3, -0.25) is 4.68 Å². The predicted molar refractivity (Wildman–Crippen MR) is 72.5 cm³/mol. The van der Waals surface area contributed by atoms with Gasteiger partial charge in [-0.05, 0) is 44.1 Å². The summed E-state index contributed by atoms with van der Waals surface area (Å²) in [5, 5.41) is 4.50. The van der Waals surface area contributed by atoms with Crippen LogP contribution in [0.5, 0.6) is 0 Å². The molecule has 3 atom stereocenters. The molecule has 2 N–H and O–H groups in total. The zero-order chi connectivity index (χ0) is 13.0. The molecule has 1 heterocycles. The maximum absolute atomic E-state index is 5.98. The summed E-state index contributed by atoms with van der Waals surface area (Å²) in [6, 6.07) is 0.746. The van der Waals surface area contributed by atoms with Crippen molar-refractivity contribution < 1.29 is 4.74 Å². The Balaban J connectivity index is 1.96. The summed E-state index contributed by atoms with van der Waals surface area (Å²) in [4.78, 5) is 0. The number of rotatable bonds is 5. The second kappa shape index (κ2) is 6.34. The highest BCUT2D eigenvalue weighted by atomic mass is 16.5. The average Bonchev–Trinajstić information content (AvgIpc) is 2.87. The van der Waals surface area contributed by atoms with Crippen molar-refractivity contribution in [2.24, 2.45) is 5.73 Å². The molecule has 18 heavy (non-hydrogen) atoms. The summed E-state index contributed by atoms with van der Waals surface area (Å²) in [5.41, 5.74) is 7.23. The van der Waals surface area contributed by atoms with Crippen molar-refractivity contribution in [3.63, 3.8) is 0 Å². The molecule has 1 aromatic heterocycles. The van der Waals surface area contributed by atoms with Crippen molar-refractivity contribution in [3.05, 3.63) is 18.0 Å². The van der Waals surface area contributed by atoms with Crippen molar-refractivity contribution >= 4 is 0 Å². The lowest BCUT2D eigenvalue weighted by Gasteiger charge is -2.28. The van der Waals surface area contributed by atoms with Gasteiger partial charge in [-0.25, -0.2) is 0 Å². The molecule has 1 aliphatic carbocycles. The highest BCUT2D eigenvalue weighted by Crippen LogP contribution is 2.29. The molecular weight excluding hydrogens is 226 g/mol. The zero-order valence-corrected chi connectivity index (χ0v) is 11.5. The third-order valence-corrected chi connectivity index (χ3v) is 3.98. The fourth-order valence-electron chi connectivity index (χ4n) is 2.70. The van der Waals surface area contributed by atoms with E-state index in [2.05, 4.69) is 22.9 Å². The molecule has 1 aliphatic rings. The van der Waals surface area contributed by atoms with Gasteiger partial charge in [-0.2, -0.15) is 5.10 Å². The Hall–Kier alpha value is -0.870. The molecule has 2 rings (SSSR count). The number of hydrogen-bond donors (Lipinski definition) is 1. The largest absolute Gasteiger partial charge is 0.381 e. The Bertz CT molecular complexity index is 364. The van der Waals surface area contributed by atoms with Crippen molar-refractivity contribution in [2.45, 2.75) is 63.6 Å². The van der Waals surface area contributed by atoms with Crippen LogP contribution in [0.4, 0.5) is 0 Å². The Kier molecular flexibility index (Phi) is 4.78. The highest BCUT2D eigenvalue weighted by molar-refractivity contribution is 5.06. The van der Waals surface area contributed by atoms with Gasteiger partial charge in [0.15, 0.2) is 0 Å². The molecular formula is C14H25N3O. The van der Waals surface area contributed by atoms with Crippen LogP contribution in [0.25, 0.3) is 0 Å². The van der Waals surface area contributed by atoms with Crippen molar-refractivity contribution in [1.82, 2.24) is 9.78 Å². The fraction of sp³-hybridized carbons (Fsp3) is 0.786. The molecule has 0 spiro atoms. The molecule has 0 aromatic carbocycles. The van der Waals surface area contributed by atoms with Gasteiger partial charge in [0.2, 0.25) is 0 Å². The molecule has 0 bridgehead atoms. The predicted octanol–water partition coefficient (Wildman–Crippen LogP) is 2.29. The molecule has 0 aliphatic heterocycles. The van der Waals surface area contributed by atoms with Gasteiger partial charge >= 0.3 is 0 Å². The number of nitrogens with two attached hydrogens (primary N) is 1. The second-order valence-electron chi connectivity index (χ2n) is 5.38. The highest BCUT2D eigenvalue weighted by Gasteiger charge is 2.23. The minimum Gasteiger partial charge on any atom is -0.381 e. The minimum atomic E-state index is 0.251. The fourth-order valence-corrected chi connectivity index (χ4v) is 2.70. The minimum absolute atomic E-state index is 0.251. The molecule has 0 saturated heterocycles. The van der Waals surface area contributed by atoms with Crippen molar-refractivity contribution in [3.8, 4) is 0 Å². The third-order valence-electron chi connectivity index (χ3n) is 3.98. The van der Waals surface area contributed by atoms with E-state index in [0.29, 0.717) is 12.1 Å². The summed E-state index contributed by atoms with van der Waals surface area (Å²) in [7, 11) is 1.81. The van der Waals surface area contributed by atoms with E-state index in [9.17, 15) is 0 Å². The van der Waals surface area contributed by atoms with Crippen LogP contribution >= 0.6 is 0 Å². The number of hydrogen-bond acceptors (Lipinski definition) is 3. The molecule has 0 radical (unpaired) electrons. The Labute approximate surface area is 110 Å². The van der Waals surface area contributed by atoms with E-state index in [1.807, 2.05) is 13.3 Å². The van der Waals surface area contributed by atoms with Gasteiger partial charge in [0, 0.05) is 19.3 Å². The lowest BCUT2D eigenvalue weighted by molar-refractivity contribution is 0.0508. The maximum Gasteiger partial charge on any atom is 0.0591 e. The SMILES string of the molecule is CCC(N)Cc1cnn(C2CCCC(OC)C2)c1. The molecule has 3 unspecified atom stereocenters. The van der Waals surface area contributed by atoms with E-state index in [0.717, 1.165) is 19.3 Å². The standard InChI is InChI=1S/C14H25N3O/c1-3-12(15)7-11-9-16-17(10-11)13-5-4-6-14(8-13)18-2/h9-10,12-14H,3-8,15H2,1-2H3. The van der Waals surface area contributed by atoms with E-state index in [1.165, 1.54) is 24.8 Å². The number of ether oxygens (including phenoxy) is 1. The molecule has 4 nitrogen and oxygen atoms in total. The summed E-state index contributed by atoms with van der Waals surface area (Å²) in [6.45, 7) is 2.12. The lowest BCUT2D eigenvalue weighted by atomic mass is 9.93. The summed E-state index contributed by atoms with van der Waals surface area (Å²) in [6.07, 6.45) is 11.2. The molecule has 1 fully saturated rings. The van der Waals surface area contributed by atoms with E-state index < -0.39 is 0 Å².